The zero-order valence-corrected chi connectivity index (χ0v) is 36.8. The Morgan fingerprint density at radius 1 is 0.411 bits per heavy atom. The lowest BCUT2D eigenvalue weighted by Gasteiger charge is -2.22. The Bertz CT molecular complexity index is 864. The number of hydrogen-bond acceptors (Lipinski definition) is 6. The van der Waals surface area contributed by atoms with Crippen LogP contribution in [0.3, 0.4) is 0 Å². The lowest BCUT2D eigenvalue weighted by molar-refractivity contribution is -0.137. The number of hydrogen-bond donors (Lipinski definition) is 5. The summed E-state index contributed by atoms with van der Waals surface area (Å²) >= 11 is 0. The predicted molar refractivity (Wildman–Crippen MR) is 239 cm³/mol. The van der Waals surface area contributed by atoms with Gasteiger partial charge in [0.25, 0.3) is 0 Å². The minimum Gasteiger partial charge on any atom is -0.481 e. The molecule has 9 nitrogen and oxygen atoms in total. The van der Waals surface area contributed by atoms with E-state index in [4.69, 9.17) is 0 Å². The average molecular weight is 790 g/mol. The maximum absolute atomic E-state index is 12.2. The molecule has 0 saturated heterocycles. The Morgan fingerprint density at radius 3 is 1.11 bits per heavy atom. The molecule has 0 aliphatic carbocycles. The van der Waals surface area contributed by atoms with Crippen molar-refractivity contribution < 1.29 is 19.5 Å². The molecule has 0 fully saturated rings. The van der Waals surface area contributed by atoms with Crippen LogP contribution >= 0.6 is 0 Å². The van der Waals surface area contributed by atoms with Gasteiger partial charge >= 0.3 is 5.97 Å². The second-order valence-corrected chi connectivity index (χ2v) is 15.9. The van der Waals surface area contributed by atoms with E-state index in [1.807, 2.05) is 0 Å². The number of unbranched alkanes of at least 4 members (excludes halogenated alkanes) is 22. The lowest BCUT2D eigenvalue weighted by atomic mass is 10.1. The van der Waals surface area contributed by atoms with Crippen LogP contribution in [0, 0.1) is 0 Å². The molecule has 0 saturated carbocycles. The summed E-state index contributed by atoms with van der Waals surface area (Å²) in [5.41, 5.74) is 0. The minimum absolute atomic E-state index is 0.110. The number of carboxylic acid groups (broad SMARTS) is 1. The van der Waals surface area contributed by atoms with E-state index in [1.54, 1.807) is 0 Å². The summed E-state index contributed by atoms with van der Waals surface area (Å²) < 4.78 is 0. The van der Waals surface area contributed by atoms with E-state index in [0.29, 0.717) is 45.6 Å². The molecule has 0 aliphatic rings. The summed E-state index contributed by atoms with van der Waals surface area (Å²) in [6, 6.07) is 0. The molecule has 9 heteroatoms. The third-order valence-corrected chi connectivity index (χ3v) is 10.4. The fourth-order valence-corrected chi connectivity index (χ4v) is 6.78. The van der Waals surface area contributed by atoms with Crippen LogP contribution < -0.4 is 21.3 Å². The smallest absolute Gasteiger partial charge is 0.304 e. The molecule has 0 heterocycles. The van der Waals surface area contributed by atoms with Gasteiger partial charge in [0.1, 0.15) is 0 Å². The first-order valence-corrected chi connectivity index (χ1v) is 23.7. The number of nitrogens with zero attached hydrogens (tertiary/aromatic N) is 1. The fourth-order valence-electron chi connectivity index (χ4n) is 6.78. The van der Waals surface area contributed by atoms with Crippen molar-refractivity contribution in [1.82, 2.24) is 26.2 Å². The van der Waals surface area contributed by atoms with Crippen molar-refractivity contribution in [2.24, 2.45) is 0 Å². The Balaban J connectivity index is 3.71. The zero-order valence-electron chi connectivity index (χ0n) is 36.8. The van der Waals surface area contributed by atoms with Crippen molar-refractivity contribution in [2.45, 2.75) is 200 Å². The largest absolute Gasteiger partial charge is 0.481 e. The maximum atomic E-state index is 12.2. The molecule has 0 aromatic carbocycles. The molecule has 0 unspecified atom stereocenters. The van der Waals surface area contributed by atoms with Gasteiger partial charge in [-0.05, 0) is 64.2 Å². The van der Waals surface area contributed by atoms with Gasteiger partial charge in [0.05, 0.1) is 6.42 Å². The van der Waals surface area contributed by atoms with E-state index in [-0.39, 0.29) is 18.2 Å². The summed E-state index contributed by atoms with van der Waals surface area (Å²) in [6.45, 7) is 10.6. The molecule has 0 aromatic heterocycles. The highest BCUT2D eigenvalue weighted by Crippen LogP contribution is 2.11. The highest BCUT2D eigenvalue weighted by atomic mass is 16.4. The summed E-state index contributed by atoms with van der Waals surface area (Å²) in [5.74, 6) is -0.547. The molecule has 0 aromatic rings. The van der Waals surface area contributed by atoms with Gasteiger partial charge in [0, 0.05) is 71.7 Å². The molecule has 0 aliphatic heterocycles. The van der Waals surface area contributed by atoms with E-state index in [0.717, 1.165) is 51.9 Å². The van der Waals surface area contributed by atoms with Crippen LogP contribution in [0.1, 0.15) is 200 Å². The molecule has 0 radical (unpaired) electrons. The molecule has 0 bridgehead atoms. The number of carboxylic acids is 1. The monoisotopic (exact) mass is 790 g/mol. The molecular weight excluding hydrogens is 699 g/mol. The molecule has 5 N–H and O–H groups in total. The van der Waals surface area contributed by atoms with Crippen molar-refractivity contribution in [3.8, 4) is 0 Å². The summed E-state index contributed by atoms with van der Waals surface area (Å²) in [5, 5.41) is 21.9. The first-order valence-electron chi connectivity index (χ1n) is 23.7. The van der Waals surface area contributed by atoms with E-state index in [1.165, 1.54) is 141 Å². The fraction of sp³-hybridized carbons (Fsp3) is 0.851. The predicted octanol–water partition coefficient (Wildman–Crippen LogP) is 10.2. The Hall–Kier alpha value is -2.23. The SMILES string of the molecule is CCCCCCCC/C=C\CCCCCCCC(=O)NCCNCCN(CCNCCNC(=O)CCCCCCC/C=C\CCCCCCCC)CCC(=O)O. The van der Waals surface area contributed by atoms with Crippen molar-refractivity contribution in [3.63, 3.8) is 0 Å². The third kappa shape index (κ3) is 44.5. The molecule has 328 valence electrons. The van der Waals surface area contributed by atoms with E-state index in [2.05, 4.69) is 64.3 Å². The van der Waals surface area contributed by atoms with Gasteiger partial charge in [0.2, 0.25) is 11.8 Å². The molecular formula is C47H91N5O4. The number of aliphatic carboxylic acids is 1. The lowest BCUT2D eigenvalue weighted by Crippen LogP contribution is -2.41. The van der Waals surface area contributed by atoms with E-state index < -0.39 is 5.97 Å². The number of carbonyl (C=O) groups is 3. The van der Waals surface area contributed by atoms with Gasteiger partial charge in [0.15, 0.2) is 0 Å². The number of rotatable bonds is 45. The number of allylic oxidation sites excluding steroid dienone is 4. The summed E-state index contributed by atoms with van der Waals surface area (Å²) in [7, 11) is 0. The molecule has 0 atom stereocenters. The third-order valence-electron chi connectivity index (χ3n) is 10.4. The second kappa shape index (κ2) is 45.5. The van der Waals surface area contributed by atoms with Crippen LogP contribution in [-0.2, 0) is 14.4 Å². The summed E-state index contributed by atoms with van der Waals surface area (Å²) in [4.78, 5) is 37.7. The summed E-state index contributed by atoms with van der Waals surface area (Å²) in [6.07, 6.45) is 43.3. The quantitative estimate of drug-likeness (QED) is 0.0308. The van der Waals surface area contributed by atoms with Gasteiger partial charge in [-0.15, -0.1) is 0 Å². The Kier molecular flexibility index (Phi) is 43.7. The zero-order chi connectivity index (χ0) is 40.8. The van der Waals surface area contributed by atoms with Crippen molar-refractivity contribution in [3.05, 3.63) is 24.3 Å². The van der Waals surface area contributed by atoms with Gasteiger partial charge in [-0.25, -0.2) is 0 Å². The van der Waals surface area contributed by atoms with Gasteiger partial charge < -0.3 is 31.3 Å². The topological polar surface area (TPSA) is 123 Å². The maximum Gasteiger partial charge on any atom is 0.304 e. The van der Waals surface area contributed by atoms with Crippen LogP contribution in [-0.4, -0.2) is 86.7 Å². The Morgan fingerprint density at radius 2 is 0.750 bits per heavy atom. The number of amides is 2. The normalized spacial score (nSPS) is 11.7. The van der Waals surface area contributed by atoms with Crippen molar-refractivity contribution >= 4 is 17.8 Å². The standard InChI is InChI=1S/C47H91N5O4/c1-3-5-7-9-11-13-15-17-19-21-23-25-27-29-31-33-45(53)50-38-36-48-40-43-52(42-35-47(55)56)44-41-49-37-39-51-46(54)34-32-30-28-26-24-22-20-18-16-14-12-10-8-6-4-2/h17-20,48-49H,3-16,21-44H2,1-2H3,(H,50,53)(H,51,54)(H,55,56)/b19-17-,20-18-. The van der Waals surface area contributed by atoms with Gasteiger partial charge in [-0.1, -0.05) is 141 Å². The average Bonchev–Trinajstić information content (AvgIpc) is 3.19. The van der Waals surface area contributed by atoms with Crippen LogP contribution in [0.4, 0.5) is 0 Å². The van der Waals surface area contributed by atoms with Crippen LogP contribution in [0.2, 0.25) is 0 Å². The highest BCUT2D eigenvalue weighted by Gasteiger charge is 2.08. The van der Waals surface area contributed by atoms with Crippen molar-refractivity contribution in [1.29, 1.82) is 0 Å². The van der Waals surface area contributed by atoms with Gasteiger partial charge in [-0.3, -0.25) is 14.4 Å². The van der Waals surface area contributed by atoms with Crippen LogP contribution in [0.5, 0.6) is 0 Å². The van der Waals surface area contributed by atoms with Gasteiger partial charge in [-0.2, -0.15) is 0 Å². The number of nitrogens with one attached hydrogen (secondary N) is 4. The molecule has 0 rings (SSSR count). The highest BCUT2D eigenvalue weighted by molar-refractivity contribution is 5.76. The first kappa shape index (κ1) is 53.8. The van der Waals surface area contributed by atoms with E-state index >= 15 is 0 Å². The minimum atomic E-state index is -0.793. The van der Waals surface area contributed by atoms with Crippen molar-refractivity contribution in [2.75, 3.05) is 58.9 Å². The molecule has 0 spiro atoms. The van der Waals surface area contributed by atoms with Crippen LogP contribution in [0.15, 0.2) is 24.3 Å². The Labute approximate surface area is 345 Å². The number of carbonyl (C=O) groups excluding carboxylic acids is 2. The second-order valence-electron chi connectivity index (χ2n) is 15.9. The van der Waals surface area contributed by atoms with E-state index in [9.17, 15) is 19.5 Å². The molecule has 2 amide bonds. The molecule has 56 heavy (non-hydrogen) atoms. The first-order chi connectivity index (χ1) is 27.5. The van der Waals surface area contributed by atoms with Crippen LogP contribution in [0.25, 0.3) is 0 Å².